The molecule has 14 aromatic carbocycles. The van der Waals surface area contributed by atoms with Crippen molar-refractivity contribution in [2.45, 2.75) is 78.6 Å². The van der Waals surface area contributed by atoms with Crippen LogP contribution in [0.4, 0.5) is 34.1 Å². The first-order valence-electron chi connectivity index (χ1n) is 40.2. The van der Waals surface area contributed by atoms with E-state index in [1.54, 1.807) is 0 Å². The van der Waals surface area contributed by atoms with E-state index in [-0.39, 0.29) is 105 Å². The van der Waals surface area contributed by atoms with Gasteiger partial charge in [0.05, 0.1) is 0 Å². The molecule has 0 radical (unpaired) electrons. The molecule has 0 atom stereocenters. The van der Waals surface area contributed by atoms with Gasteiger partial charge in [-0.15, -0.1) is 0 Å². The summed E-state index contributed by atoms with van der Waals surface area (Å²) in [7, 11) is 0. The average molecular weight is 1390 g/mol. The fourth-order valence-corrected chi connectivity index (χ4v) is 17.7. The summed E-state index contributed by atoms with van der Waals surface area (Å²) in [6.45, 7) is 17.5. The zero-order valence-corrected chi connectivity index (χ0v) is 60.3. The summed E-state index contributed by atoms with van der Waals surface area (Å²) in [5.74, 6) is 0.150. The molecule has 0 N–H and O–H groups in total. The summed E-state index contributed by atoms with van der Waals surface area (Å²) in [5, 5.41) is 0. The molecule has 4 heterocycles. The molecule has 0 aliphatic carbocycles. The Kier molecular flexibility index (Phi) is 12.7. The van der Waals surface area contributed by atoms with Crippen LogP contribution in [0.5, 0.6) is 11.5 Å². The first-order chi connectivity index (χ1) is 53.7. The second kappa shape index (κ2) is 24.4. The number of fused-ring (bicyclic) bond motifs is 9. The number of hydrogen-bond donors (Lipinski definition) is 0. The van der Waals surface area contributed by atoms with Crippen LogP contribution in [0.15, 0.2) is 309 Å². The van der Waals surface area contributed by atoms with Crippen molar-refractivity contribution in [2.75, 3.05) is 9.80 Å². The second-order valence-electron chi connectivity index (χ2n) is 30.3. The van der Waals surface area contributed by atoms with Crippen LogP contribution in [-0.4, -0.2) is 28.4 Å². The van der Waals surface area contributed by atoms with Crippen LogP contribution in [0.1, 0.15) is 92.7 Å². The molecular weight excluding hydrogens is 1300 g/mol. The maximum absolute atomic E-state index is 12.0. The van der Waals surface area contributed by atoms with Gasteiger partial charge in [0.2, 0.25) is 0 Å². The third-order valence-electron chi connectivity index (χ3n) is 20.6. The summed E-state index contributed by atoms with van der Waals surface area (Å²) in [5.41, 5.74) is 16.7. The third-order valence-corrected chi connectivity index (χ3v) is 22.9. The zero-order valence-electron chi connectivity index (χ0n) is 68.5. The molecular formula is C96H78B2N2OSe. The van der Waals surface area contributed by atoms with E-state index in [4.69, 9.17) is 4.74 Å². The molecule has 0 spiro atoms. The number of rotatable bonds is 9. The SMILES string of the molecule is [2H]c1c([2H])c(-c2ccccc2)c([2H])c2c1B1c3c([2H])c([2H])c(-c4ccccc4)c([2H])c3[Se]c3c([2H])c4c(c(c31)O2)B1c2c(cc(C(C)(C)C)cc2N4c2c(-c3ccccc3)cc(C(C)(C)C)cc2-c2ccccc2)N(c2c(-c3ccccc3)cc(C(C)(C)C)cc2-c2ccccc2)c2c([2H])c(-c3ccccc3)c([2H])c([2H])c21. The van der Waals surface area contributed by atoms with Gasteiger partial charge >= 0.3 is 558 Å². The van der Waals surface area contributed by atoms with E-state index >= 15 is 0 Å². The summed E-state index contributed by atoms with van der Waals surface area (Å²) >= 11 is -1.05. The van der Waals surface area contributed by atoms with Gasteiger partial charge in [-0.2, -0.15) is 0 Å². The number of nitrogens with zero attached hydrogens (tertiary/aromatic N) is 2. The summed E-state index contributed by atoms with van der Waals surface area (Å²) < 4.78 is 117. The van der Waals surface area contributed by atoms with Gasteiger partial charge in [-0.25, -0.2) is 0 Å². The van der Waals surface area contributed by atoms with E-state index in [0.717, 1.165) is 72.6 Å². The zero-order chi connectivity index (χ0) is 78.0. The van der Waals surface area contributed by atoms with Crippen molar-refractivity contribution in [3.05, 3.63) is 326 Å². The van der Waals surface area contributed by atoms with Gasteiger partial charge < -0.3 is 0 Å². The average Bonchev–Trinajstić information content (AvgIpc) is 0.663. The molecule has 0 amide bonds. The molecule has 6 heteroatoms. The van der Waals surface area contributed by atoms with Gasteiger partial charge in [0, 0.05) is 0 Å². The van der Waals surface area contributed by atoms with Crippen LogP contribution >= 0.6 is 0 Å². The molecule has 0 aromatic heterocycles. The Morgan fingerprint density at radius 2 is 0.657 bits per heavy atom. The minimum absolute atomic E-state index is 0.00569. The van der Waals surface area contributed by atoms with Crippen LogP contribution in [-0.2, 0) is 16.2 Å². The molecule has 4 aliphatic heterocycles. The van der Waals surface area contributed by atoms with Crippen LogP contribution < -0.4 is 56.2 Å². The van der Waals surface area contributed by atoms with Crippen molar-refractivity contribution in [3.63, 3.8) is 0 Å². The first-order valence-corrected chi connectivity index (χ1v) is 36.9. The summed E-state index contributed by atoms with van der Waals surface area (Å²) in [6, 6.07) is 81.8. The molecule has 490 valence electrons. The fraction of sp³-hybridized carbons (Fsp3) is 0.125. The first kappa shape index (κ1) is 53.0. The van der Waals surface area contributed by atoms with Crippen molar-refractivity contribution in [3.8, 4) is 89.4 Å². The summed E-state index contributed by atoms with van der Waals surface area (Å²) in [6.07, 6.45) is 0. The van der Waals surface area contributed by atoms with Gasteiger partial charge in [0.1, 0.15) is 0 Å². The topological polar surface area (TPSA) is 15.7 Å². The van der Waals surface area contributed by atoms with Crippen molar-refractivity contribution >= 4 is 104 Å². The molecule has 0 saturated carbocycles. The van der Waals surface area contributed by atoms with Crippen molar-refractivity contribution < 1.29 is 18.4 Å². The van der Waals surface area contributed by atoms with Crippen molar-refractivity contribution in [2.24, 2.45) is 0 Å². The molecule has 3 nitrogen and oxygen atoms in total. The second-order valence-corrected chi connectivity index (χ2v) is 32.4. The van der Waals surface area contributed by atoms with E-state index in [0.29, 0.717) is 70.2 Å². The summed E-state index contributed by atoms with van der Waals surface area (Å²) in [4.78, 5) is 4.52. The third kappa shape index (κ3) is 10.7. The molecule has 4 aliphatic rings. The predicted molar refractivity (Wildman–Crippen MR) is 437 cm³/mol. The van der Waals surface area contributed by atoms with Gasteiger partial charge in [0.25, 0.3) is 0 Å². The van der Waals surface area contributed by atoms with Crippen molar-refractivity contribution in [1.82, 2.24) is 0 Å². The molecule has 0 bridgehead atoms. The van der Waals surface area contributed by atoms with Gasteiger partial charge in [-0.3, -0.25) is 0 Å². The number of benzene rings is 14. The normalized spacial score (nSPS) is 14.7. The van der Waals surface area contributed by atoms with E-state index in [1.807, 2.05) is 115 Å². The van der Waals surface area contributed by atoms with Crippen LogP contribution in [0.25, 0.3) is 77.9 Å². The Balaban J connectivity index is 1.11. The van der Waals surface area contributed by atoms with E-state index in [1.165, 1.54) is 0 Å². The molecule has 18 rings (SSSR count). The molecule has 0 fully saturated rings. The molecule has 0 saturated heterocycles. The van der Waals surface area contributed by atoms with Gasteiger partial charge in [0.15, 0.2) is 0 Å². The molecule has 0 unspecified atom stereocenters. The van der Waals surface area contributed by atoms with Crippen LogP contribution in [0, 0.1) is 0 Å². The van der Waals surface area contributed by atoms with E-state index in [2.05, 4.69) is 206 Å². The Hall–Kier alpha value is -10.9. The quantitative estimate of drug-likeness (QED) is 0.134. The van der Waals surface area contributed by atoms with E-state index in [9.17, 15) is 13.7 Å². The monoisotopic (exact) mass is 1390 g/mol. The minimum atomic E-state index is -1.26. The number of hydrogen-bond acceptors (Lipinski definition) is 3. The number of anilines is 6. The van der Waals surface area contributed by atoms with E-state index < -0.39 is 39.2 Å². The number of ether oxygens (including phenoxy) is 1. The fourth-order valence-electron chi connectivity index (χ4n) is 15.4. The van der Waals surface area contributed by atoms with Crippen LogP contribution in [0.3, 0.4) is 0 Å². The predicted octanol–water partition coefficient (Wildman–Crippen LogP) is 19.9. The van der Waals surface area contributed by atoms with Crippen LogP contribution in [0.2, 0.25) is 0 Å². The molecule has 102 heavy (non-hydrogen) atoms. The Bertz CT molecular complexity index is 6110. The molecule has 14 aromatic rings. The van der Waals surface area contributed by atoms with Crippen molar-refractivity contribution in [1.29, 1.82) is 0 Å². The Morgan fingerprint density at radius 1 is 0.304 bits per heavy atom. The van der Waals surface area contributed by atoms with Gasteiger partial charge in [-0.05, 0) is 5.41 Å². The Morgan fingerprint density at radius 3 is 1.07 bits per heavy atom. The standard InChI is InChI=1S/C96H78B2N2OSe/c1-94(2,3)71-54-74(64-37-23-13-24-38-64)91(75(55-71)65-39-25-14-26-40-65)99-81-51-68(61-31-17-10-18-32-61)45-48-78(81)98-88-82(99)58-73(96(7,8)9)59-83(88)100(92-76(66-41-27-15-28-42-66)56-72(95(4,5)6)57-77(92)67-43-29-16-30-44-67)84-60-87-90-93(89(84)98)101-85-52-69(62-33-19-11-20-34-62)46-49-79(85)97(90)80-50-47-70(53-86(80)102-87)63-35-21-12-22-36-63/h10-60H,1-9H3/i45D,46D,47D,48D,49D,50D,51D,52D,53D,60D. The maximum atomic E-state index is 12.0. The Labute approximate surface area is 622 Å². The van der Waals surface area contributed by atoms with Gasteiger partial charge in [-0.1, -0.05) is 63.2 Å².